The first-order valence-corrected chi connectivity index (χ1v) is 5.83. The van der Waals surface area contributed by atoms with Gasteiger partial charge in [0.05, 0.1) is 12.5 Å². The predicted octanol–water partition coefficient (Wildman–Crippen LogP) is 1.88. The highest BCUT2D eigenvalue weighted by molar-refractivity contribution is 5.74. The second-order valence-electron chi connectivity index (χ2n) is 4.77. The first-order chi connectivity index (χ1) is 7.33. The lowest BCUT2D eigenvalue weighted by Crippen LogP contribution is -2.26. The minimum atomic E-state index is -0.263. The van der Waals surface area contributed by atoms with Crippen molar-refractivity contribution in [1.82, 2.24) is 0 Å². The highest BCUT2D eigenvalue weighted by Crippen LogP contribution is 2.44. The van der Waals surface area contributed by atoms with E-state index in [9.17, 15) is 4.79 Å². The number of carbonyl (C=O) groups is 1. The highest BCUT2D eigenvalue weighted by atomic mass is 16.7. The van der Waals surface area contributed by atoms with E-state index in [1.165, 1.54) is 0 Å². The summed E-state index contributed by atoms with van der Waals surface area (Å²) in [6.45, 7) is 0.731. The smallest absolute Gasteiger partial charge is 0.311 e. The fourth-order valence-corrected chi connectivity index (χ4v) is 2.91. The number of allylic oxidation sites excluding steroid dienone is 2. The molecule has 0 radical (unpaired) electrons. The normalized spacial score (nSPS) is 42.4. The van der Waals surface area contributed by atoms with Crippen LogP contribution in [0.5, 0.6) is 0 Å². The lowest BCUT2D eigenvalue weighted by atomic mass is 9.94. The maximum atomic E-state index is 11.9. The fraction of sp³-hybridized carbons (Fsp3) is 0.750. The molecule has 0 unspecified atom stereocenters. The number of hydrogen-bond acceptors (Lipinski definition) is 3. The number of esters is 1. The molecule has 1 saturated heterocycles. The summed E-state index contributed by atoms with van der Waals surface area (Å²) in [5.41, 5.74) is 0. The second-order valence-corrected chi connectivity index (χ2v) is 4.77. The van der Waals surface area contributed by atoms with E-state index < -0.39 is 0 Å². The van der Waals surface area contributed by atoms with E-state index in [1.807, 2.05) is 0 Å². The average molecular weight is 208 g/mol. The van der Waals surface area contributed by atoms with Gasteiger partial charge in [0.1, 0.15) is 0 Å². The van der Waals surface area contributed by atoms with Gasteiger partial charge in [-0.1, -0.05) is 12.2 Å². The maximum Gasteiger partial charge on any atom is 0.311 e. The molecule has 3 heteroatoms. The van der Waals surface area contributed by atoms with Crippen LogP contribution in [0.4, 0.5) is 0 Å². The molecule has 1 heterocycles. The van der Waals surface area contributed by atoms with E-state index in [-0.39, 0.29) is 18.2 Å². The van der Waals surface area contributed by atoms with E-state index in [0.717, 1.165) is 32.3 Å². The zero-order valence-electron chi connectivity index (χ0n) is 8.72. The van der Waals surface area contributed by atoms with Gasteiger partial charge < -0.3 is 9.47 Å². The summed E-state index contributed by atoms with van der Waals surface area (Å²) < 4.78 is 10.7. The molecule has 2 bridgehead atoms. The molecule has 82 valence electrons. The van der Waals surface area contributed by atoms with Crippen molar-refractivity contribution in [3.8, 4) is 0 Å². The molecular weight excluding hydrogens is 192 g/mol. The largest absolute Gasteiger partial charge is 0.436 e. The molecule has 4 atom stereocenters. The number of hydrogen-bond donors (Lipinski definition) is 0. The Morgan fingerprint density at radius 3 is 2.87 bits per heavy atom. The Kier molecular flexibility index (Phi) is 2.28. The second kappa shape index (κ2) is 3.63. The Hall–Kier alpha value is -0.830. The van der Waals surface area contributed by atoms with Gasteiger partial charge in [0, 0.05) is 6.42 Å². The van der Waals surface area contributed by atoms with Crippen LogP contribution in [0.25, 0.3) is 0 Å². The standard InChI is InChI=1S/C12H16O3/c13-12(15-11-2-1-5-14-11)10-7-8-3-4-9(10)6-8/h3-4,8-11H,1-2,5-7H2/t8-,9+,10-,11+/m0/s1. The minimum absolute atomic E-state index is 0.0428. The summed E-state index contributed by atoms with van der Waals surface area (Å²) in [5.74, 6) is 1.11. The summed E-state index contributed by atoms with van der Waals surface area (Å²) in [7, 11) is 0. The molecule has 1 saturated carbocycles. The van der Waals surface area contributed by atoms with E-state index in [1.54, 1.807) is 0 Å². The van der Waals surface area contributed by atoms with Crippen LogP contribution in [0, 0.1) is 17.8 Å². The van der Waals surface area contributed by atoms with E-state index in [2.05, 4.69) is 12.2 Å². The Balaban J connectivity index is 1.58. The molecule has 0 amide bonds. The first kappa shape index (κ1) is 9.40. The maximum absolute atomic E-state index is 11.9. The van der Waals surface area contributed by atoms with Crippen LogP contribution >= 0.6 is 0 Å². The van der Waals surface area contributed by atoms with Gasteiger partial charge in [-0.25, -0.2) is 0 Å². The molecule has 3 aliphatic rings. The lowest BCUT2D eigenvalue weighted by molar-refractivity contribution is -0.175. The molecule has 0 spiro atoms. The molecule has 2 fully saturated rings. The number of fused-ring (bicyclic) bond motifs is 2. The SMILES string of the molecule is O=C(O[C@@H]1CCCO1)[C@H]1C[C@H]2C=C[C@@H]1C2. The van der Waals surface area contributed by atoms with Crippen molar-refractivity contribution in [3.05, 3.63) is 12.2 Å². The lowest BCUT2D eigenvalue weighted by Gasteiger charge is -2.19. The van der Waals surface area contributed by atoms with Crippen molar-refractivity contribution >= 4 is 5.97 Å². The van der Waals surface area contributed by atoms with Crippen LogP contribution < -0.4 is 0 Å². The Labute approximate surface area is 89.4 Å². The molecule has 2 aliphatic carbocycles. The first-order valence-electron chi connectivity index (χ1n) is 5.83. The minimum Gasteiger partial charge on any atom is -0.436 e. The molecular formula is C12H16O3. The van der Waals surface area contributed by atoms with Crippen molar-refractivity contribution in [1.29, 1.82) is 0 Å². The summed E-state index contributed by atoms with van der Waals surface area (Å²) in [6.07, 6.45) is 8.14. The monoisotopic (exact) mass is 208 g/mol. The quantitative estimate of drug-likeness (QED) is 0.513. The van der Waals surface area contributed by atoms with Gasteiger partial charge in [0.2, 0.25) is 6.29 Å². The van der Waals surface area contributed by atoms with Gasteiger partial charge >= 0.3 is 5.97 Å². The molecule has 0 aromatic carbocycles. The third-order valence-electron chi connectivity index (χ3n) is 3.72. The van der Waals surface area contributed by atoms with Gasteiger partial charge in [-0.2, -0.15) is 0 Å². The van der Waals surface area contributed by atoms with E-state index >= 15 is 0 Å². The highest BCUT2D eigenvalue weighted by Gasteiger charge is 2.41. The van der Waals surface area contributed by atoms with Crippen molar-refractivity contribution < 1.29 is 14.3 Å². The Bertz CT molecular complexity index is 291. The van der Waals surface area contributed by atoms with Crippen LogP contribution in [0.15, 0.2) is 12.2 Å². The molecule has 0 aromatic heterocycles. The topological polar surface area (TPSA) is 35.5 Å². The third-order valence-corrected chi connectivity index (χ3v) is 3.72. The van der Waals surface area contributed by atoms with Crippen molar-refractivity contribution in [3.63, 3.8) is 0 Å². The van der Waals surface area contributed by atoms with Crippen LogP contribution in [0.2, 0.25) is 0 Å². The van der Waals surface area contributed by atoms with Gasteiger partial charge in [0.15, 0.2) is 0 Å². The summed E-state index contributed by atoms with van der Waals surface area (Å²) in [5, 5.41) is 0. The van der Waals surface area contributed by atoms with Gasteiger partial charge in [-0.05, 0) is 31.1 Å². The zero-order valence-corrected chi connectivity index (χ0v) is 8.72. The predicted molar refractivity (Wildman–Crippen MR) is 53.9 cm³/mol. The molecule has 0 aromatic rings. The van der Waals surface area contributed by atoms with E-state index in [0.29, 0.717) is 11.8 Å². The molecule has 3 rings (SSSR count). The van der Waals surface area contributed by atoms with Crippen LogP contribution in [-0.2, 0) is 14.3 Å². The summed E-state index contributed by atoms with van der Waals surface area (Å²) in [4.78, 5) is 11.9. The number of carbonyl (C=O) groups excluding carboxylic acids is 1. The van der Waals surface area contributed by atoms with Gasteiger partial charge in [-0.3, -0.25) is 4.79 Å². The molecule has 1 aliphatic heterocycles. The van der Waals surface area contributed by atoms with Crippen LogP contribution in [-0.4, -0.2) is 18.9 Å². The van der Waals surface area contributed by atoms with Gasteiger partial charge in [-0.15, -0.1) is 0 Å². The third kappa shape index (κ3) is 1.69. The average Bonchev–Trinajstić information content (AvgIpc) is 2.93. The van der Waals surface area contributed by atoms with Crippen LogP contribution in [0.3, 0.4) is 0 Å². The van der Waals surface area contributed by atoms with Crippen LogP contribution in [0.1, 0.15) is 25.7 Å². The number of rotatable bonds is 2. The van der Waals surface area contributed by atoms with Crippen molar-refractivity contribution in [2.75, 3.05) is 6.61 Å². The van der Waals surface area contributed by atoms with Crippen molar-refractivity contribution in [2.24, 2.45) is 17.8 Å². The summed E-state index contributed by atoms with van der Waals surface area (Å²) >= 11 is 0. The molecule has 0 N–H and O–H groups in total. The summed E-state index contributed by atoms with van der Waals surface area (Å²) in [6, 6.07) is 0. The molecule has 3 nitrogen and oxygen atoms in total. The Morgan fingerprint density at radius 1 is 1.33 bits per heavy atom. The molecule has 15 heavy (non-hydrogen) atoms. The fourth-order valence-electron chi connectivity index (χ4n) is 2.91. The zero-order chi connectivity index (χ0) is 10.3. The Morgan fingerprint density at radius 2 is 2.27 bits per heavy atom. The number of ether oxygens (including phenoxy) is 2. The van der Waals surface area contributed by atoms with Gasteiger partial charge in [0.25, 0.3) is 0 Å². The van der Waals surface area contributed by atoms with E-state index in [4.69, 9.17) is 9.47 Å². The van der Waals surface area contributed by atoms with Crippen molar-refractivity contribution in [2.45, 2.75) is 32.0 Å².